The largest absolute Gasteiger partial charge is 2.00 e. The topological polar surface area (TPSA) is 35.5 Å². The normalized spacial score (nSPS) is 20.1. The second-order valence-corrected chi connectivity index (χ2v) is 2.32. The first-order chi connectivity index (χ1) is 4.43. The van der Waals surface area contributed by atoms with Crippen molar-refractivity contribution in [3.8, 4) is 0 Å². The summed E-state index contributed by atoms with van der Waals surface area (Å²) in [6, 6.07) is 0. The van der Waals surface area contributed by atoms with E-state index in [0.717, 1.165) is 32.7 Å². The van der Waals surface area contributed by atoms with Crippen LogP contribution < -0.4 is 5.32 Å². The predicted octanol–water partition coefficient (Wildman–Crippen LogP) is -1.27. The Hall–Kier alpha value is 1.14. The quantitative estimate of drug-likeness (QED) is 0.510. The molecule has 1 fully saturated rings. The molecule has 10 heavy (non-hydrogen) atoms. The van der Waals surface area contributed by atoms with Crippen LogP contribution in [0, 0.1) is 0 Å². The van der Waals surface area contributed by atoms with Crippen LogP contribution in [-0.2, 0) is 0 Å². The van der Waals surface area contributed by atoms with Crippen LogP contribution in [0.1, 0.15) is 2.85 Å². The number of aliphatic hydroxyl groups excluding tert-OH is 1. The summed E-state index contributed by atoms with van der Waals surface area (Å²) in [5.41, 5.74) is 0. The van der Waals surface area contributed by atoms with E-state index in [2.05, 4.69) is 10.2 Å². The van der Waals surface area contributed by atoms with Gasteiger partial charge in [-0.05, 0) is 0 Å². The smallest absolute Gasteiger partial charge is 1.00 e. The molecule has 1 heterocycles. The van der Waals surface area contributed by atoms with Crippen LogP contribution in [-0.4, -0.2) is 87.1 Å². The van der Waals surface area contributed by atoms with E-state index in [1.54, 1.807) is 0 Å². The van der Waals surface area contributed by atoms with E-state index in [4.69, 9.17) is 5.11 Å². The van der Waals surface area contributed by atoms with Gasteiger partial charge in [0.2, 0.25) is 0 Å². The summed E-state index contributed by atoms with van der Waals surface area (Å²) >= 11 is 0. The van der Waals surface area contributed by atoms with Gasteiger partial charge in [-0.2, -0.15) is 0 Å². The Morgan fingerprint density at radius 1 is 1.40 bits per heavy atom. The van der Waals surface area contributed by atoms with Crippen molar-refractivity contribution < 1.29 is 7.96 Å². The number of nitrogens with one attached hydrogen (secondary N) is 1. The maximum Gasteiger partial charge on any atom is 2.00 e. The number of rotatable bonds is 2. The minimum atomic E-state index is 0. The molecule has 3 nitrogen and oxygen atoms in total. The molecule has 0 aromatic carbocycles. The van der Waals surface area contributed by atoms with Crippen molar-refractivity contribution in [2.75, 3.05) is 39.3 Å². The molecule has 1 rings (SSSR count). The fourth-order valence-corrected chi connectivity index (χ4v) is 1.08. The van der Waals surface area contributed by atoms with Crippen LogP contribution in [0.25, 0.3) is 0 Å². The Morgan fingerprint density at radius 2 is 2.00 bits per heavy atom. The average Bonchev–Trinajstić information content (AvgIpc) is 1.91. The van der Waals surface area contributed by atoms with Gasteiger partial charge in [-0.25, -0.2) is 0 Å². The van der Waals surface area contributed by atoms with Crippen LogP contribution >= 0.6 is 0 Å². The van der Waals surface area contributed by atoms with Crippen molar-refractivity contribution in [3.63, 3.8) is 0 Å². The van der Waals surface area contributed by atoms with E-state index in [-0.39, 0.29) is 40.6 Å². The summed E-state index contributed by atoms with van der Waals surface area (Å²) in [5, 5.41) is 11.8. The zero-order valence-electron chi connectivity index (χ0n) is 8.34. The summed E-state index contributed by atoms with van der Waals surface area (Å²) in [6.07, 6.45) is 0. The Labute approximate surface area is 94.7 Å². The molecule has 1 saturated heterocycles. The van der Waals surface area contributed by atoms with Crippen LogP contribution in [0.4, 0.5) is 0 Å². The molecule has 0 unspecified atom stereocenters. The minimum Gasteiger partial charge on any atom is -1.00 e. The third-order valence-corrected chi connectivity index (χ3v) is 1.63. The molecule has 0 aliphatic carbocycles. The Kier molecular flexibility index (Phi) is 7.60. The molecule has 58 valence electrons. The van der Waals surface area contributed by atoms with Crippen molar-refractivity contribution in [3.05, 3.63) is 0 Å². The zero-order valence-corrected chi connectivity index (χ0v) is 8.55. The van der Waals surface area contributed by atoms with E-state index in [1.165, 1.54) is 0 Å². The van der Waals surface area contributed by atoms with E-state index in [9.17, 15) is 0 Å². The van der Waals surface area contributed by atoms with Gasteiger partial charge in [0.25, 0.3) is 0 Å². The van der Waals surface area contributed by atoms with Gasteiger partial charge in [0.05, 0.1) is 6.61 Å². The van der Waals surface area contributed by atoms with Gasteiger partial charge in [-0.3, -0.25) is 4.90 Å². The van der Waals surface area contributed by atoms with Gasteiger partial charge in [0.1, 0.15) is 0 Å². The summed E-state index contributed by atoms with van der Waals surface area (Å²) in [7, 11) is 0. The van der Waals surface area contributed by atoms with Crippen LogP contribution in [0.15, 0.2) is 0 Å². The number of hydrogen-bond acceptors (Lipinski definition) is 3. The van der Waals surface area contributed by atoms with Crippen LogP contribution in [0.3, 0.4) is 0 Å². The predicted molar refractivity (Wildman–Crippen MR) is 44.4 cm³/mol. The Morgan fingerprint density at radius 3 is 2.50 bits per heavy atom. The maximum atomic E-state index is 8.56. The first-order valence-electron chi connectivity index (χ1n) is 3.47. The monoisotopic (exact) mass is 172 g/mol. The molecule has 0 saturated carbocycles. The van der Waals surface area contributed by atoms with Gasteiger partial charge in [-0.1, -0.05) is 0 Å². The van der Waals surface area contributed by atoms with Crippen LogP contribution in [0.5, 0.6) is 0 Å². The summed E-state index contributed by atoms with van der Waals surface area (Å²) in [6.45, 7) is 5.43. The first kappa shape index (κ1) is 11.1. The van der Waals surface area contributed by atoms with Crippen molar-refractivity contribution >= 4 is 37.7 Å². The zero-order chi connectivity index (χ0) is 6.53. The summed E-state index contributed by atoms with van der Waals surface area (Å²) in [4.78, 5) is 2.26. The van der Waals surface area contributed by atoms with Gasteiger partial charge in [-0.15, -0.1) is 0 Å². The van der Waals surface area contributed by atoms with Crippen molar-refractivity contribution in [2.24, 2.45) is 0 Å². The second kappa shape index (κ2) is 6.83. The van der Waals surface area contributed by atoms with Crippen molar-refractivity contribution in [1.82, 2.24) is 10.2 Å². The van der Waals surface area contributed by atoms with Crippen molar-refractivity contribution in [1.29, 1.82) is 0 Å². The molecule has 4 heteroatoms. The van der Waals surface area contributed by atoms with Gasteiger partial charge in [0, 0.05) is 32.7 Å². The molecule has 1 aliphatic rings. The second-order valence-electron chi connectivity index (χ2n) is 2.32. The number of aliphatic hydroxyl groups is 1. The number of nitrogens with zero attached hydrogens (tertiary/aromatic N) is 1. The molecule has 0 amide bonds. The SMILES string of the molecule is OCCN1CCNCC1.[Ca+2].[H-].[H-]. The van der Waals surface area contributed by atoms with E-state index in [0.29, 0.717) is 6.61 Å². The number of hydrogen-bond donors (Lipinski definition) is 2. The molecular formula is C6H16CaN2O. The Bertz CT molecular complexity index is 81.2. The molecule has 0 aromatic rings. The molecule has 0 bridgehead atoms. The van der Waals surface area contributed by atoms with Gasteiger partial charge >= 0.3 is 37.7 Å². The molecule has 2 N–H and O–H groups in total. The molecule has 0 spiro atoms. The number of β-amino-alcohol motifs (C(OH)–C–C–N with tert-alkyl or cyclic N) is 1. The molecule has 0 radical (unpaired) electrons. The van der Waals surface area contributed by atoms with Gasteiger partial charge < -0.3 is 13.3 Å². The van der Waals surface area contributed by atoms with E-state index in [1.807, 2.05) is 0 Å². The summed E-state index contributed by atoms with van der Waals surface area (Å²) < 4.78 is 0. The van der Waals surface area contributed by atoms with E-state index >= 15 is 0 Å². The first-order valence-corrected chi connectivity index (χ1v) is 3.47. The van der Waals surface area contributed by atoms with Crippen LogP contribution in [0.2, 0.25) is 0 Å². The van der Waals surface area contributed by atoms with Gasteiger partial charge in [0.15, 0.2) is 0 Å². The van der Waals surface area contributed by atoms with Crippen molar-refractivity contribution in [2.45, 2.75) is 0 Å². The third-order valence-electron chi connectivity index (χ3n) is 1.63. The molecule has 1 aliphatic heterocycles. The number of piperazine rings is 1. The standard InChI is InChI=1S/C6H14N2O.Ca.2H/c9-6-5-8-3-1-7-2-4-8;;;/h7,9H,1-6H2;;;/q;+2;2*-1. The molecule has 0 atom stereocenters. The average molecular weight is 172 g/mol. The molecular weight excluding hydrogens is 156 g/mol. The fourth-order valence-electron chi connectivity index (χ4n) is 1.08. The summed E-state index contributed by atoms with van der Waals surface area (Å²) in [5.74, 6) is 0. The van der Waals surface area contributed by atoms with E-state index < -0.39 is 0 Å². The molecule has 0 aromatic heterocycles. The Balaban J connectivity index is -0.000000270. The maximum absolute atomic E-state index is 8.56. The minimum absolute atomic E-state index is 0. The fraction of sp³-hybridized carbons (Fsp3) is 1.00. The third kappa shape index (κ3) is 4.11.